The number of benzene rings is 1. The van der Waals surface area contributed by atoms with E-state index in [0.717, 1.165) is 5.56 Å². The molecule has 2 N–H and O–H groups in total. The Hall–Kier alpha value is -1.70. The van der Waals surface area contributed by atoms with Crippen LogP contribution in [0.1, 0.15) is 16.7 Å². The Balaban J connectivity index is 2.07. The maximum absolute atomic E-state index is 12.3. The fourth-order valence-electron chi connectivity index (χ4n) is 2.04. The van der Waals surface area contributed by atoms with Crippen molar-refractivity contribution in [2.75, 3.05) is 6.54 Å². The van der Waals surface area contributed by atoms with Crippen LogP contribution in [0, 0.1) is 6.92 Å². The van der Waals surface area contributed by atoms with Crippen molar-refractivity contribution in [2.24, 2.45) is 7.05 Å². The summed E-state index contributed by atoms with van der Waals surface area (Å²) in [5.41, 5.74) is 2.20. The minimum absolute atomic E-state index is 0.182. The van der Waals surface area contributed by atoms with E-state index in [-0.39, 0.29) is 11.5 Å². The van der Waals surface area contributed by atoms with E-state index in [1.54, 1.807) is 29.9 Å². The topological polar surface area (TPSA) is 84.2 Å². The van der Waals surface area contributed by atoms with Crippen LogP contribution in [0.25, 0.3) is 0 Å². The molecule has 1 aromatic heterocycles. The maximum Gasteiger partial charge on any atom is 0.240 e. The number of aryl methyl sites for hydroxylation is 2. The van der Waals surface area contributed by atoms with Crippen molar-refractivity contribution >= 4 is 10.0 Å². The summed E-state index contributed by atoms with van der Waals surface area (Å²) in [6.07, 6.45) is 4.14. The van der Waals surface area contributed by atoms with E-state index in [0.29, 0.717) is 24.1 Å². The van der Waals surface area contributed by atoms with E-state index < -0.39 is 10.0 Å². The molecule has 0 saturated heterocycles. The van der Waals surface area contributed by atoms with Gasteiger partial charge in [0.2, 0.25) is 10.0 Å². The largest absolute Gasteiger partial charge is 0.392 e. The number of aliphatic hydroxyl groups excluding tert-OH is 1. The second kappa shape index (κ2) is 6.38. The smallest absolute Gasteiger partial charge is 0.240 e. The Morgan fingerprint density at radius 1 is 1.33 bits per heavy atom. The molecule has 0 spiro atoms. The average Bonchev–Trinajstić information content (AvgIpc) is 2.84. The second-order valence-corrected chi connectivity index (χ2v) is 6.66. The fourth-order valence-corrected chi connectivity index (χ4v) is 3.37. The average molecular weight is 309 g/mol. The summed E-state index contributed by atoms with van der Waals surface area (Å²) in [4.78, 5) is 0.209. The molecule has 0 atom stereocenters. The van der Waals surface area contributed by atoms with Gasteiger partial charge in [-0.25, -0.2) is 13.1 Å². The van der Waals surface area contributed by atoms with Crippen molar-refractivity contribution in [2.45, 2.75) is 24.8 Å². The van der Waals surface area contributed by atoms with Gasteiger partial charge in [0.15, 0.2) is 0 Å². The number of hydrogen-bond donors (Lipinski definition) is 2. The molecule has 2 aromatic rings. The van der Waals surface area contributed by atoms with E-state index in [1.807, 2.05) is 13.2 Å². The third kappa shape index (κ3) is 3.90. The van der Waals surface area contributed by atoms with Crippen LogP contribution in [-0.4, -0.2) is 29.8 Å². The lowest BCUT2D eigenvalue weighted by molar-refractivity contribution is 0.281. The number of sulfonamides is 1. The number of rotatable bonds is 6. The first-order chi connectivity index (χ1) is 9.92. The van der Waals surface area contributed by atoms with Crippen molar-refractivity contribution in [1.82, 2.24) is 14.5 Å². The van der Waals surface area contributed by atoms with Gasteiger partial charge in [-0.05, 0) is 36.1 Å². The quantitative estimate of drug-likeness (QED) is 0.824. The van der Waals surface area contributed by atoms with Gasteiger partial charge in [0, 0.05) is 19.8 Å². The molecule has 0 saturated carbocycles. The lowest BCUT2D eigenvalue weighted by atomic mass is 10.2. The van der Waals surface area contributed by atoms with Gasteiger partial charge < -0.3 is 5.11 Å². The van der Waals surface area contributed by atoms with Crippen LogP contribution in [-0.2, 0) is 30.1 Å². The van der Waals surface area contributed by atoms with E-state index >= 15 is 0 Å². The molecule has 0 aliphatic heterocycles. The zero-order valence-electron chi connectivity index (χ0n) is 12.1. The van der Waals surface area contributed by atoms with Gasteiger partial charge in [-0.1, -0.05) is 12.1 Å². The minimum Gasteiger partial charge on any atom is -0.392 e. The lowest BCUT2D eigenvalue weighted by Crippen LogP contribution is -2.26. The van der Waals surface area contributed by atoms with E-state index in [1.165, 1.54) is 6.07 Å². The highest BCUT2D eigenvalue weighted by Gasteiger charge is 2.16. The molecule has 0 fully saturated rings. The van der Waals surface area contributed by atoms with Crippen molar-refractivity contribution in [3.05, 3.63) is 47.3 Å². The molecule has 6 nitrogen and oxygen atoms in total. The Morgan fingerprint density at radius 2 is 2.10 bits per heavy atom. The van der Waals surface area contributed by atoms with E-state index in [9.17, 15) is 8.42 Å². The molecular formula is C14H19N3O3S. The number of aromatic nitrogens is 2. The molecule has 0 aliphatic rings. The first-order valence-electron chi connectivity index (χ1n) is 6.60. The zero-order chi connectivity index (χ0) is 15.5. The summed E-state index contributed by atoms with van der Waals surface area (Å²) >= 11 is 0. The molecule has 21 heavy (non-hydrogen) atoms. The molecule has 0 bridgehead atoms. The minimum atomic E-state index is -3.58. The highest BCUT2D eigenvalue weighted by Crippen LogP contribution is 2.17. The van der Waals surface area contributed by atoms with Gasteiger partial charge in [0.25, 0.3) is 0 Å². The predicted octanol–water partition coefficient (Wildman–Crippen LogP) is 0.742. The molecule has 0 amide bonds. The van der Waals surface area contributed by atoms with Crippen molar-refractivity contribution in [3.8, 4) is 0 Å². The number of nitrogens with one attached hydrogen (secondary N) is 1. The standard InChI is InChI=1S/C14H19N3O3S/c1-11-3-4-12(10-18)7-14(11)21(19,20)16-6-5-13-8-15-17(2)9-13/h3-4,7-9,16,18H,5-6,10H2,1-2H3. The van der Waals surface area contributed by atoms with Crippen LogP contribution < -0.4 is 4.72 Å². The summed E-state index contributed by atoms with van der Waals surface area (Å²) in [5, 5.41) is 13.2. The normalized spacial score (nSPS) is 11.8. The Morgan fingerprint density at radius 3 is 2.71 bits per heavy atom. The molecule has 1 aromatic carbocycles. The van der Waals surface area contributed by atoms with Crippen LogP contribution >= 0.6 is 0 Å². The molecule has 0 radical (unpaired) electrons. The molecule has 7 heteroatoms. The zero-order valence-corrected chi connectivity index (χ0v) is 12.9. The molecule has 0 unspecified atom stereocenters. The Bertz CT molecular complexity index is 723. The fraction of sp³-hybridized carbons (Fsp3) is 0.357. The van der Waals surface area contributed by atoms with Crippen LogP contribution in [0.4, 0.5) is 0 Å². The lowest BCUT2D eigenvalue weighted by Gasteiger charge is -2.10. The van der Waals surface area contributed by atoms with Gasteiger partial charge in [-0.15, -0.1) is 0 Å². The SMILES string of the molecule is Cc1ccc(CO)cc1S(=O)(=O)NCCc1cnn(C)c1. The third-order valence-electron chi connectivity index (χ3n) is 3.19. The van der Waals surface area contributed by atoms with Gasteiger partial charge in [-0.3, -0.25) is 4.68 Å². The van der Waals surface area contributed by atoms with Crippen LogP contribution in [0.5, 0.6) is 0 Å². The molecule has 0 aliphatic carbocycles. The number of nitrogens with zero attached hydrogens (tertiary/aromatic N) is 2. The van der Waals surface area contributed by atoms with Crippen molar-refractivity contribution in [1.29, 1.82) is 0 Å². The highest BCUT2D eigenvalue weighted by atomic mass is 32.2. The highest BCUT2D eigenvalue weighted by molar-refractivity contribution is 7.89. The summed E-state index contributed by atoms with van der Waals surface area (Å²) < 4.78 is 28.9. The van der Waals surface area contributed by atoms with Gasteiger partial charge >= 0.3 is 0 Å². The van der Waals surface area contributed by atoms with Gasteiger partial charge in [0.05, 0.1) is 17.7 Å². The van der Waals surface area contributed by atoms with Gasteiger partial charge in [0.1, 0.15) is 0 Å². The molecule has 1 heterocycles. The number of hydrogen-bond acceptors (Lipinski definition) is 4. The predicted molar refractivity (Wildman–Crippen MR) is 79.2 cm³/mol. The summed E-state index contributed by atoms with van der Waals surface area (Å²) in [6, 6.07) is 4.91. The molecule has 2 rings (SSSR count). The molecular weight excluding hydrogens is 290 g/mol. The van der Waals surface area contributed by atoms with E-state index in [4.69, 9.17) is 5.11 Å². The Labute approximate surface area is 124 Å². The summed E-state index contributed by atoms with van der Waals surface area (Å²) in [5.74, 6) is 0. The Kier molecular flexibility index (Phi) is 4.76. The third-order valence-corrected chi connectivity index (χ3v) is 4.79. The van der Waals surface area contributed by atoms with Crippen LogP contribution in [0.2, 0.25) is 0 Å². The molecule has 114 valence electrons. The second-order valence-electron chi connectivity index (χ2n) is 4.93. The van der Waals surface area contributed by atoms with E-state index in [2.05, 4.69) is 9.82 Å². The van der Waals surface area contributed by atoms with Crippen molar-refractivity contribution in [3.63, 3.8) is 0 Å². The van der Waals surface area contributed by atoms with Crippen molar-refractivity contribution < 1.29 is 13.5 Å². The summed E-state index contributed by atoms with van der Waals surface area (Å²) in [6.45, 7) is 1.85. The monoisotopic (exact) mass is 309 g/mol. The first kappa shape index (κ1) is 15.7. The maximum atomic E-state index is 12.3. The van der Waals surface area contributed by atoms with Crippen LogP contribution in [0.15, 0.2) is 35.5 Å². The summed E-state index contributed by atoms with van der Waals surface area (Å²) in [7, 11) is -1.76. The van der Waals surface area contributed by atoms with Crippen LogP contribution in [0.3, 0.4) is 0 Å². The number of aliphatic hydroxyl groups is 1. The van der Waals surface area contributed by atoms with Gasteiger partial charge in [-0.2, -0.15) is 5.10 Å². The first-order valence-corrected chi connectivity index (χ1v) is 8.08.